The van der Waals surface area contributed by atoms with Crippen LogP contribution in [0.3, 0.4) is 0 Å². The highest BCUT2D eigenvalue weighted by Gasteiger charge is 2.18. The van der Waals surface area contributed by atoms with Gasteiger partial charge in [-0.05, 0) is 12.5 Å². The summed E-state index contributed by atoms with van der Waals surface area (Å²) in [6.07, 6.45) is -0.146. The third-order valence-corrected chi connectivity index (χ3v) is 3.92. The molecule has 1 aliphatic rings. The predicted octanol–water partition coefficient (Wildman–Crippen LogP) is 0.689. The van der Waals surface area contributed by atoms with E-state index < -0.39 is 6.10 Å². The monoisotopic (exact) mass is 306 g/mol. The van der Waals surface area contributed by atoms with Gasteiger partial charge in [0.05, 0.1) is 25.7 Å². The number of morpholine rings is 1. The number of benzene rings is 1. The first-order valence-electron chi connectivity index (χ1n) is 7.82. The predicted molar refractivity (Wildman–Crippen MR) is 85.8 cm³/mol. The summed E-state index contributed by atoms with van der Waals surface area (Å²) in [4.78, 5) is 16.0. The van der Waals surface area contributed by atoms with Crippen molar-refractivity contribution in [2.75, 3.05) is 46.4 Å². The number of ether oxygens (including phenoxy) is 1. The Labute approximate surface area is 132 Å². The van der Waals surface area contributed by atoms with Gasteiger partial charge in [-0.1, -0.05) is 29.8 Å². The molecule has 5 nitrogen and oxygen atoms in total. The van der Waals surface area contributed by atoms with E-state index in [4.69, 9.17) is 4.74 Å². The topological polar surface area (TPSA) is 53.0 Å². The zero-order chi connectivity index (χ0) is 15.9. The van der Waals surface area contributed by atoms with Crippen molar-refractivity contribution in [3.63, 3.8) is 0 Å². The number of carbonyl (C=O) groups is 1. The molecule has 0 aromatic heterocycles. The second-order valence-corrected chi connectivity index (χ2v) is 6.01. The van der Waals surface area contributed by atoms with E-state index in [1.54, 1.807) is 11.9 Å². The molecule has 1 saturated heterocycles. The number of aryl methyl sites for hydroxylation is 1. The molecule has 0 radical (unpaired) electrons. The molecule has 0 spiro atoms. The van der Waals surface area contributed by atoms with E-state index in [0.717, 1.165) is 37.4 Å². The lowest BCUT2D eigenvalue weighted by Gasteiger charge is -2.30. The Morgan fingerprint density at radius 2 is 2.14 bits per heavy atom. The van der Waals surface area contributed by atoms with E-state index in [-0.39, 0.29) is 5.91 Å². The molecule has 22 heavy (non-hydrogen) atoms. The SMILES string of the molecule is Cc1cccc(CC(=O)N(C)C[C@H](O)CN2CCOCC2)c1. The van der Waals surface area contributed by atoms with Crippen LogP contribution in [0.15, 0.2) is 24.3 Å². The van der Waals surface area contributed by atoms with Gasteiger partial charge in [-0.2, -0.15) is 0 Å². The first kappa shape index (κ1) is 16.9. The van der Waals surface area contributed by atoms with Crippen LogP contribution in [0.4, 0.5) is 0 Å². The minimum absolute atomic E-state index is 0.0339. The molecule has 0 bridgehead atoms. The summed E-state index contributed by atoms with van der Waals surface area (Å²) in [6.45, 7) is 6.09. The molecule has 0 aliphatic carbocycles. The molecule has 1 atom stereocenters. The molecule has 1 amide bonds. The van der Waals surface area contributed by atoms with E-state index in [0.29, 0.717) is 19.5 Å². The van der Waals surface area contributed by atoms with Crippen molar-refractivity contribution >= 4 is 5.91 Å². The van der Waals surface area contributed by atoms with Crippen LogP contribution in [0.25, 0.3) is 0 Å². The number of amides is 1. The van der Waals surface area contributed by atoms with Crippen molar-refractivity contribution in [2.24, 2.45) is 0 Å². The van der Waals surface area contributed by atoms with Gasteiger partial charge in [0.15, 0.2) is 0 Å². The summed E-state index contributed by atoms with van der Waals surface area (Å²) in [7, 11) is 1.75. The number of hydrogen-bond acceptors (Lipinski definition) is 4. The standard InChI is InChI=1S/C17H26N2O3/c1-14-4-3-5-15(10-14)11-17(21)18(2)12-16(20)13-19-6-8-22-9-7-19/h3-5,10,16,20H,6-9,11-13H2,1-2H3/t16-/m0/s1. The van der Waals surface area contributed by atoms with Crippen LogP contribution in [0.5, 0.6) is 0 Å². The number of β-amino-alcohol motifs (C(OH)–C–C–N with tert-alkyl or cyclic N) is 1. The number of nitrogens with zero attached hydrogens (tertiary/aromatic N) is 2. The van der Waals surface area contributed by atoms with Gasteiger partial charge < -0.3 is 14.7 Å². The highest BCUT2D eigenvalue weighted by molar-refractivity contribution is 5.78. The fraction of sp³-hybridized carbons (Fsp3) is 0.588. The van der Waals surface area contributed by atoms with E-state index in [9.17, 15) is 9.90 Å². The van der Waals surface area contributed by atoms with Gasteiger partial charge in [0.25, 0.3) is 0 Å². The maximum Gasteiger partial charge on any atom is 0.226 e. The molecule has 1 N–H and O–H groups in total. The van der Waals surface area contributed by atoms with Crippen LogP contribution in [0, 0.1) is 6.92 Å². The number of hydrogen-bond donors (Lipinski definition) is 1. The number of carbonyl (C=O) groups excluding carboxylic acids is 1. The molecule has 122 valence electrons. The van der Waals surface area contributed by atoms with Crippen molar-refractivity contribution in [2.45, 2.75) is 19.4 Å². The lowest BCUT2D eigenvalue weighted by molar-refractivity contribution is -0.130. The van der Waals surface area contributed by atoms with Crippen molar-refractivity contribution in [1.82, 2.24) is 9.80 Å². The maximum atomic E-state index is 12.2. The third-order valence-electron chi connectivity index (χ3n) is 3.92. The second kappa shape index (κ2) is 8.27. The molecular weight excluding hydrogens is 280 g/mol. The van der Waals surface area contributed by atoms with Crippen LogP contribution in [0.2, 0.25) is 0 Å². The van der Waals surface area contributed by atoms with Crippen molar-refractivity contribution in [1.29, 1.82) is 0 Å². The Kier molecular flexibility index (Phi) is 6.36. The zero-order valence-corrected chi connectivity index (χ0v) is 13.5. The number of aliphatic hydroxyl groups is 1. The fourth-order valence-electron chi connectivity index (χ4n) is 2.69. The average molecular weight is 306 g/mol. The lowest BCUT2D eigenvalue weighted by Crippen LogP contribution is -2.45. The second-order valence-electron chi connectivity index (χ2n) is 6.01. The largest absolute Gasteiger partial charge is 0.390 e. The highest BCUT2D eigenvalue weighted by atomic mass is 16.5. The average Bonchev–Trinajstić information content (AvgIpc) is 2.48. The lowest BCUT2D eigenvalue weighted by atomic mass is 10.1. The van der Waals surface area contributed by atoms with Gasteiger partial charge >= 0.3 is 0 Å². The first-order chi connectivity index (χ1) is 10.5. The van der Waals surface area contributed by atoms with E-state index in [2.05, 4.69) is 4.90 Å². The zero-order valence-electron chi connectivity index (χ0n) is 13.5. The van der Waals surface area contributed by atoms with Crippen LogP contribution in [-0.2, 0) is 16.0 Å². The molecule has 2 rings (SSSR count). The Bertz CT molecular complexity index is 487. The van der Waals surface area contributed by atoms with E-state index >= 15 is 0 Å². The summed E-state index contributed by atoms with van der Waals surface area (Å²) in [5.74, 6) is 0.0339. The Morgan fingerprint density at radius 1 is 1.41 bits per heavy atom. The summed E-state index contributed by atoms with van der Waals surface area (Å²) in [5, 5.41) is 10.2. The minimum Gasteiger partial charge on any atom is -0.390 e. The van der Waals surface area contributed by atoms with Gasteiger partial charge in [0, 0.05) is 33.2 Å². The smallest absolute Gasteiger partial charge is 0.226 e. The molecule has 0 saturated carbocycles. The Hall–Kier alpha value is -1.43. The maximum absolute atomic E-state index is 12.2. The fourth-order valence-corrected chi connectivity index (χ4v) is 2.69. The molecule has 0 unspecified atom stereocenters. The normalized spacial score (nSPS) is 17.2. The van der Waals surface area contributed by atoms with Crippen LogP contribution >= 0.6 is 0 Å². The van der Waals surface area contributed by atoms with Crippen molar-refractivity contribution < 1.29 is 14.6 Å². The van der Waals surface area contributed by atoms with Crippen LogP contribution in [0.1, 0.15) is 11.1 Å². The number of aliphatic hydroxyl groups excluding tert-OH is 1. The van der Waals surface area contributed by atoms with Crippen molar-refractivity contribution in [3.05, 3.63) is 35.4 Å². The first-order valence-corrected chi connectivity index (χ1v) is 7.82. The molecule has 1 heterocycles. The number of rotatable bonds is 6. The summed E-state index contributed by atoms with van der Waals surface area (Å²) < 4.78 is 5.29. The van der Waals surface area contributed by atoms with E-state index in [1.165, 1.54) is 0 Å². The van der Waals surface area contributed by atoms with Crippen LogP contribution < -0.4 is 0 Å². The highest BCUT2D eigenvalue weighted by Crippen LogP contribution is 2.07. The van der Waals surface area contributed by atoms with Gasteiger partial charge in [-0.3, -0.25) is 9.69 Å². The summed E-state index contributed by atoms with van der Waals surface area (Å²) in [5.41, 5.74) is 2.17. The molecule has 1 fully saturated rings. The molecule has 1 aromatic rings. The van der Waals surface area contributed by atoms with E-state index in [1.807, 2.05) is 31.2 Å². The minimum atomic E-state index is -0.524. The Balaban J connectivity index is 1.77. The Morgan fingerprint density at radius 3 is 2.82 bits per heavy atom. The van der Waals surface area contributed by atoms with Crippen molar-refractivity contribution in [3.8, 4) is 0 Å². The van der Waals surface area contributed by atoms with Gasteiger partial charge in [0.1, 0.15) is 0 Å². The third kappa shape index (κ3) is 5.40. The summed E-state index contributed by atoms with van der Waals surface area (Å²) >= 11 is 0. The van der Waals surface area contributed by atoms with Gasteiger partial charge in [-0.25, -0.2) is 0 Å². The number of likely N-dealkylation sites (N-methyl/N-ethyl adjacent to an activating group) is 1. The van der Waals surface area contributed by atoms with Gasteiger partial charge in [0.2, 0.25) is 5.91 Å². The quantitative estimate of drug-likeness (QED) is 0.840. The molecular formula is C17H26N2O3. The molecule has 5 heteroatoms. The molecule has 1 aliphatic heterocycles. The molecule has 1 aromatic carbocycles. The van der Waals surface area contributed by atoms with Gasteiger partial charge in [-0.15, -0.1) is 0 Å². The summed E-state index contributed by atoms with van der Waals surface area (Å²) in [6, 6.07) is 7.97. The van der Waals surface area contributed by atoms with Crippen LogP contribution in [-0.4, -0.2) is 73.4 Å².